The summed E-state index contributed by atoms with van der Waals surface area (Å²) in [5.74, 6) is 0. The zero-order valence-electron chi connectivity index (χ0n) is 29.2. The van der Waals surface area contributed by atoms with Crippen LogP contribution in [0.5, 0.6) is 0 Å². The van der Waals surface area contributed by atoms with Gasteiger partial charge in [-0.25, -0.2) is 0 Å². The SMILES string of the molecule is CC1(C)c2ccccc2-c2cc(-n3c4ccccc4c4ccc(-c5cccc(-c6ccc7c8ccccc8c8ccccc8c7c6)c5)cc43)ccc21. The van der Waals surface area contributed by atoms with Gasteiger partial charge in [0, 0.05) is 21.9 Å². The number of benzene rings is 9. The van der Waals surface area contributed by atoms with Gasteiger partial charge in [0.1, 0.15) is 0 Å². The van der Waals surface area contributed by atoms with Crippen LogP contribution >= 0.6 is 0 Å². The highest BCUT2D eigenvalue weighted by molar-refractivity contribution is 6.25. The predicted molar refractivity (Wildman–Crippen MR) is 222 cm³/mol. The normalized spacial score (nSPS) is 13.3. The van der Waals surface area contributed by atoms with Crippen LogP contribution in [0.1, 0.15) is 25.0 Å². The van der Waals surface area contributed by atoms with E-state index in [1.165, 1.54) is 104 Å². The fourth-order valence-electron chi connectivity index (χ4n) is 9.24. The summed E-state index contributed by atoms with van der Waals surface area (Å²) >= 11 is 0. The Morgan fingerprint density at radius 1 is 0.327 bits per heavy atom. The third kappa shape index (κ3) is 4.11. The first-order chi connectivity index (χ1) is 25.5. The van der Waals surface area contributed by atoms with Crippen LogP contribution in [0.15, 0.2) is 176 Å². The second kappa shape index (κ2) is 10.8. The summed E-state index contributed by atoms with van der Waals surface area (Å²) in [6, 6.07) is 65.4. The average Bonchev–Trinajstić information content (AvgIpc) is 3.65. The molecule has 0 fully saturated rings. The maximum Gasteiger partial charge on any atom is 0.0547 e. The van der Waals surface area contributed by atoms with E-state index in [4.69, 9.17) is 0 Å². The molecule has 0 unspecified atom stereocenters. The number of hydrogen-bond acceptors (Lipinski definition) is 0. The third-order valence-corrected chi connectivity index (χ3v) is 11.8. The standard InChI is InChI=1S/C51H35N/c1-51(2)47-20-9-7-18-42(47)46-31-36(24-27-48(46)51)52-49-21-10-8-19-43(49)44-26-23-35(30-50(44)52)33-13-11-12-32(28-33)34-22-25-41-39-16-4-3-14-37(39)38-15-5-6-17-40(38)45(41)29-34/h3-31H,1-2H3. The summed E-state index contributed by atoms with van der Waals surface area (Å²) in [6.45, 7) is 4.69. The highest BCUT2D eigenvalue weighted by atomic mass is 15.0. The van der Waals surface area contributed by atoms with Crippen molar-refractivity contribution in [3.05, 3.63) is 187 Å². The van der Waals surface area contributed by atoms with Gasteiger partial charge in [-0.1, -0.05) is 153 Å². The Balaban J connectivity index is 1.07. The van der Waals surface area contributed by atoms with Crippen LogP contribution < -0.4 is 0 Å². The predicted octanol–water partition coefficient (Wildman–Crippen LogP) is 13.9. The van der Waals surface area contributed by atoms with E-state index < -0.39 is 0 Å². The largest absolute Gasteiger partial charge is 0.309 e. The molecular formula is C51H35N. The van der Waals surface area contributed by atoms with Gasteiger partial charge in [-0.05, 0) is 113 Å². The summed E-state index contributed by atoms with van der Waals surface area (Å²) in [5, 5.41) is 10.3. The van der Waals surface area contributed by atoms with E-state index in [1.807, 2.05) is 0 Å². The van der Waals surface area contributed by atoms with Crippen LogP contribution in [0.2, 0.25) is 0 Å². The number of rotatable bonds is 3. The monoisotopic (exact) mass is 661 g/mol. The quantitative estimate of drug-likeness (QED) is 0.166. The van der Waals surface area contributed by atoms with Gasteiger partial charge in [-0.2, -0.15) is 0 Å². The number of para-hydroxylation sites is 1. The van der Waals surface area contributed by atoms with Gasteiger partial charge < -0.3 is 4.57 Å². The first-order valence-electron chi connectivity index (χ1n) is 18.3. The van der Waals surface area contributed by atoms with Crippen LogP contribution in [-0.4, -0.2) is 4.57 Å². The van der Waals surface area contributed by atoms with Gasteiger partial charge >= 0.3 is 0 Å². The van der Waals surface area contributed by atoms with Gasteiger partial charge in [0.15, 0.2) is 0 Å². The third-order valence-electron chi connectivity index (χ3n) is 11.8. The Morgan fingerprint density at radius 2 is 0.846 bits per heavy atom. The van der Waals surface area contributed by atoms with Gasteiger partial charge in [0.2, 0.25) is 0 Å². The average molecular weight is 662 g/mol. The zero-order chi connectivity index (χ0) is 34.6. The highest BCUT2D eigenvalue weighted by Gasteiger charge is 2.35. The Labute approximate surface area is 303 Å². The molecule has 0 saturated heterocycles. The Morgan fingerprint density at radius 3 is 1.58 bits per heavy atom. The lowest BCUT2D eigenvalue weighted by molar-refractivity contribution is 0.660. The molecule has 0 radical (unpaired) electrons. The second-order valence-electron chi connectivity index (χ2n) is 14.9. The van der Waals surface area contributed by atoms with Crippen LogP contribution in [0.4, 0.5) is 0 Å². The molecule has 0 amide bonds. The second-order valence-corrected chi connectivity index (χ2v) is 14.9. The van der Waals surface area contributed by atoms with Gasteiger partial charge in [0.05, 0.1) is 11.0 Å². The summed E-state index contributed by atoms with van der Waals surface area (Å²) in [6.07, 6.45) is 0. The number of nitrogens with zero attached hydrogens (tertiary/aromatic N) is 1. The summed E-state index contributed by atoms with van der Waals surface area (Å²) < 4.78 is 2.46. The number of fused-ring (bicyclic) bond motifs is 12. The van der Waals surface area contributed by atoms with Crippen LogP contribution in [0.3, 0.4) is 0 Å². The van der Waals surface area contributed by atoms with Crippen molar-refractivity contribution in [2.45, 2.75) is 19.3 Å². The van der Waals surface area contributed by atoms with Crippen molar-refractivity contribution in [2.75, 3.05) is 0 Å². The summed E-state index contributed by atoms with van der Waals surface area (Å²) in [5.41, 5.74) is 14.0. The van der Waals surface area contributed by atoms with Crippen LogP contribution in [0, 0.1) is 0 Å². The summed E-state index contributed by atoms with van der Waals surface area (Å²) in [7, 11) is 0. The molecule has 1 aliphatic rings. The first-order valence-corrected chi connectivity index (χ1v) is 18.3. The fraction of sp³-hybridized carbons (Fsp3) is 0.0588. The zero-order valence-corrected chi connectivity index (χ0v) is 29.2. The molecule has 1 heterocycles. The molecule has 1 nitrogen and oxygen atoms in total. The minimum absolute atomic E-state index is 0.0185. The van der Waals surface area contributed by atoms with E-state index in [2.05, 4.69) is 194 Å². The molecule has 244 valence electrons. The molecule has 1 aliphatic carbocycles. The van der Waals surface area contributed by atoms with Crippen molar-refractivity contribution in [3.8, 4) is 39.1 Å². The molecule has 0 atom stereocenters. The maximum absolute atomic E-state index is 2.46. The maximum atomic E-state index is 2.46. The van der Waals surface area contributed by atoms with Crippen molar-refractivity contribution in [3.63, 3.8) is 0 Å². The fourth-order valence-corrected chi connectivity index (χ4v) is 9.24. The molecule has 10 aromatic rings. The topological polar surface area (TPSA) is 4.93 Å². The number of hydrogen-bond donors (Lipinski definition) is 0. The molecule has 0 aliphatic heterocycles. The van der Waals surface area contributed by atoms with Crippen molar-refractivity contribution in [1.82, 2.24) is 4.57 Å². The first kappa shape index (κ1) is 29.3. The van der Waals surface area contributed by atoms with E-state index in [0.717, 1.165) is 0 Å². The van der Waals surface area contributed by atoms with E-state index >= 15 is 0 Å². The minimum Gasteiger partial charge on any atom is -0.309 e. The lowest BCUT2D eigenvalue weighted by atomic mass is 9.82. The van der Waals surface area contributed by atoms with Crippen LogP contribution in [0.25, 0.3) is 93.2 Å². The summed E-state index contributed by atoms with van der Waals surface area (Å²) in [4.78, 5) is 0. The Hall–Kier alpha value is -6.44. The molecule has 1 aromatic heterocycles. The van der Waals surface area contributed by atoms with Crippen molar-refractivity contribution < 1.29 is 0 Å². The lowest BCUT2D eigenvalue weighted by Gasteiger charge is -2.21. The minimum atomic E-state index is -0.0185. The van der Waals surface area contributed by atoms with Crippen molar-refractivity contribution in [2.24, 2.45) is 0 Å². The Kier molecular flexibility index (Phi) is 6.08. The van der Waals surface area contributed by atoms with E-state index in [1.54, 1.807) is 0 Å². The van der Waals surface area contributed by atoms with Gasteiger partial charge in [-0.15, -0.1) is 0 Å². The molecule has 1 heteroatoms. The van der Waals surface area contributed by atoms with E-state index in [9.17, 15) is 0 Å². The van der Waals surface area contributed by atoms with E-state index in [0.29, 0.717) is 0 Å². The van der Waals surface area contributed by atoms with Crippen molar-refractivity contribution in [1.29, 1.82) is 0 Å². The smallest absolute Gasteiger partial charge is 0.0547 e. The van der Waals surface area contributed by atoms with Gasteiger partial charge in [0.25, 0.3) is 0 Å². The molecule has 0 N–H and O–H groups in total. The van der Waals surface area contributed by atoms with Crippen molar-refractivity contribution >= 4 is 54.1 Å². The molecule has 0 spiro atoms. The molecule has 0 bridgehead atoms. The van der Waals surface area contributed by atoms with E-state index in [-0.39, 0.29) is 5.41 Å². The van der Waals surface area contributed by atoms with Crippen LogP contribution in [-0.2, 0) is 5.41 Å². The lowest BCUT2D eigenvalue weighted by Crippen LogP contribution is -2.14. The number of aromatic nitrogens is 1. The molecule has 52 heavy (non-hydrogen) atoms. The Bertz CT molecular complexity index is 3060. The molecule has 11 rings (SSSR count). The highest BCUT2D eigenvalue weighted by Crippen LogP contribution is 2.49. The molecular weight excluding hydrogens is 627 g/mol. The molecule has 0 saturated carbocycles. The van der Waals surface area contributed by atoms with Gasteiger partial charge in [-0.3, -0.25) is 0 Å². The molecule has 9 aromatic carbocycles.